The second kappa shape index (κ2) is 4.14. The molecule has 0 aliphatic carbocycles. The van der Waals surface area contributed by atoms with Crippen LogP contribution in [0.3, 0.4) is 0 Å². The molecule has 0 bridgehead atoms. The van der Waals surface area contributed by atoms with Crippen LogP contribution in [0.4, 0.5) is 0 Å². The highest BCUT2D eigenvalue weighted by Crippen LogP contribution is 2.22. The van der Waals surface area contributed by atoms with E-state index < -0.39 is 10.0 Å². The topological polar surface area (TPSA) is 49.7 Å². The zero-order chi connectivity index (χ0) is 12.6. The third kappa shape index (κ3) is 2.07. The summed E-state index contributed by atoms with van der Waals surface area (Å²) in [4.78, 5) is 4.51. The molecule has 0 saturated carbocycles. The van der Waals surface area contributed by atoms with Crippen molar-refractivity contribution in [2.45, 2.75) is 25.7 Å². The largest absolute Gasteiger partial charge is 0.270 e. The monoisotopic (exact) mass is 252 g/mol. The van der Waals surface area contributed by atoms with E-state index in [9.17, 15) is 8.42 Å². The van der Waals surface area contributed by atoms with E-state index in [0.29, 0.717) is 23.8 Å². The van der Waals surface area contributed by atoms with Crippen LogP contribution in [0.25, 0.3) is 0 Å². The summed E-state index contributed by atoms with van der Waals surface area (Å²) in [5.41, 5.74) is 1.72. The predicted molar refractivity (Wildman–Crippen MR) is 67.8 cm³/mol. The molecule has 17 heavy (non-hydrogen) atoms. The molecular formula is C12H16N2O2S. The molecule has 5 heteroatoms. The molecule has 0 N–H and O–H groups in total. The maximum absolute atomic E-state index is 12.5. The molecule has 0 radical (unpaired) electrons. The highest BCUT2D eigenvalue weighted by molar-refractivity contribution is 7.89. The molecule has 0 amide bonds. The van der Waals surface area contributed by atoms with Gasteiger partial charge in [0, 0.05) is 0 Å². The van der Waals surface area contributed by atoms with Gasteiger partial charge in [0.2, 0.25) is 0 Å². The summed E-state index contributed by atoms with van der Waals surface area (Å²) in [6, 6.07) is 5.47. The minimum atomic E-state index is -3.44. The number of sulfonamides is 1. The standard InChI is InChI=1S/C12H16N2O2S/c1-9-4-5-10(2)12(8-9)17(15,16)14-7-6-13-11(14)3/h4-5,8H,6-7H2,1-3H3. The first-order chi connectivity index (χ1) is 7.93. The number of rotatable bonds is 2. The maximum Gasteiger partial charge on any atom is 0.265 e. The number of nitrogens with zero attached hydrogens (tertiary/aromatic N) is 2. The molecule has 2 rings (SSSR count). The van der Waals surface area contributed by atoms with Gasteiger partial charge in [0.1, 0.15) is 5.84 Å². The summed E-state index contributed by atoms with van der Waals surface area (Å²) >= 11 is 0. The van der Waals surface area contributed by atoms with Gasteiger partial charge in [0.05, 0.1) is 18.0 Å². The zero-order valence-electron chi connectivity index (χ0n) is 10.3. The second-order valence-electron chi connectivity index (χ2n) is 4.28. The molecular weight excluding hydrogens is 236 g/mol. The number of amidine groups is 1. The van der Waals surface area contributed by atoms with E-state index in [4.69, 9.17) is 0 Å². The van der Waals surface area contributed by atoms with Crippen LogP contribution < -0.4 is 0 Å². The maximum atomic E-state index is 12.5. The highest BCUT2D eigenvalue weighted by atomic mass is 32.2. The summed E-state index contributed by atoms with van der Waals surface area (Å²) in [7, 11) is -3.44. The van der Waals surface area contributed by atoms with E-state index in [1.807, 2.05) is 26.0 Å². The van der Waals surface area contributed by atoms with Gasteiger partial charge in [-0.05, 0) is 38.0 Å². The van der Waals surface area contributed by atoms with E-state index >= 15 is 0 Å². The van der Waals surface area contributed by atoms with Crippen molar-refractivity contribution < 1.29 is 8.42 Å². The summed E-state index contributed by atoms with van der Waals surface area (Å²) in [5, 5.41) is 0. The van der Waals surface area contributed by atoms with E-state index in [2.05, 4.69) is 4.99 Å². The first-order valence-corrected chi connectivity index (χ1v) is 6.98. The molecule has 0 unspecified atom stereocenters. The summed E-state index contributed by atoms with van der Waals surface area (Å²) in [6.45, 7) is 6.44. The zero-order valence-corrected chi connectivity index (χ0v) is 11.1. The molecule has 1 aliphatic rings. The Morgan fingerprint density at radius 1 is 1.24 bits per heavy atom. The number of benzene rings is 1. The van der Waals surface area contributed by atoms with Crippen molar-refractivity contribution in [1.29, 1.82) is 0 Å². The number of hydrogen-bond acceptors (Lipinski definition) is 3. The predicted octanol–water partition coefficient (Wildman–Crippen LogP) is 1.73. The van der Waals surface area contributed by atoms with Crippen molar-refractivity contribution in [2.24, 2.45) is 4.99 Å². The molecule has 0 saturated heterocycles. The van der Waals surface area contributed by atoms with Crippen LogP contribution in [0.15, 0.2) is 28.1 Å². The Morgan fingerprint density at radius 2 is 1.94 bits per heavy atom. The third-order valence-electron chi connectivity index (χ3n) is 2.92. The lowest BCUT2D eigenvalue weighted by Gasteiger charge is -2.19. The van der Waals surface area contributed by atoms with E-state index in [1.54, 1.807) is 13.0 Å². The van der Waals surface area contributed by atoms with Gasteiger partial charge in [0.15, 0.2) is 0 Å². The van der Waals surface area contributed by atoms with Crippen LogP contribution >= 0.6 is 0 Å². The van der Waals surface area contributed by atoms with Crippen LogP contribution in [0, 0.1) is 13.8 Å². The van der Waals surface area contributed by atoms with Crippen LogP contribution in [0.1, 0.15) is 18.1 Å². The van der Waals surface area contributed by atoms with Gasteiger partial charge in [-0.15, -0.1) is 0 Å². The van der Waals surface area contributed by atoms with Gasteiger partial charge >= 0.3 is 0 Å². The molecule has 0 fully saturated rings. The Morgan fingerprint density at radius 3 is 2.53 bits per heavy atom. The lowest BCUT2D eigenvalue weighted by Crippen LogP contribution is -2.33. The van der Waals surface area contributed by atoms with Gasteiger partial charge < -0.3 is 0 Å². The molecule has 0 spiro atoms. The third-order valence-corrected chi connectivity index (χ3v) is 4.94. The van der Waals surface area contributed by atoms with Gasteiger partial charge in [-0.3, -0.25) is 9.30 Å². The average Bonchev–Trinajstić information content (AvgIpc) is 2.68. The van der Waals surface area contributed by atoms with Crippen LogP contribution in [0.2, 0.25) is 0 Å². The first-order valence-electron chi connectivity index (χ1n) is 5.54. The molecule has 1 heterocycles. The fourth-order valence-corrected chi connectivity index (χ4v) is 3.72. The Kier molecular flexibility index (Phi) is 2.95. The van der Waals surface area contributed by atoms with Crippen molar-refractivity contribution in [3.8, 4) is 0 Å². The van der Waals surface area contributed by atoms with Crippen molar-refractivity contribution in [3.63, 3.8) is 0 Å². The lowest BCUT2D eigenvalue weighted by molar-refractivity contribution is 0.536. The Balaban J connectivity index is 2.52. The Bertz CT molecular complexity index is 576. The lowest BCUT2D eigenvalue weighted by atomic mass is 10.2. The SMILES string of the molecule is CC1=NCCN1S(=O)(=O)c1cc(C)ccc1C. The van der Waals surface area contributed by atoms with Gasteiger partial charge in [0.25, 0.3) is 10.0 Å². The number of hydrogen-bond donors (Lipinski definition) is 0. The van der Waals surface area contributed by atoms with E-state index in [1.165, 1.54) is 4.31 Å². The number of aliphatic imine (C=N–C) groups is 1. The van der Waals surface area contributed by atoms with E-state index in [0.717, 1.165) is 11.1 Å². The molecule has 0 atom stereocenters. The smallest absolute Gasteiger partial charge is 0.265 e. The Hall–Kier alpha value is -1.36. The van der Waals surface area contributed by atoms with Crippen molar-refractivity contribution in [3.05, 3.63) is 29.3 Å². The normalized spacial score (nSPS) is 16.2. The molecule has 1 aliphatic heterocycles. The van der Waals surface area contributed by atoms with Crippen molar-refractivity contribution in [2.75, 3.05) is 13.1 Å². The van der Waals surface area contributed by atoms with Crippen LogP contribution in [-0.4, -0.2) is 31.6 Å². The average molecular weight is 252 g/mol. The molecule has 1 aromatic carbocycles. The molecule has 92 valence electrons. The fourth-order valence-electron chi connectivity index (χ4n) is 1.94. The van der Waals surface area contributed by atoms with Crippen molar-refractivity contribution in [1.82, 2.24) is 4.31 Å². The van der Waals surface area contributed by atoms with Crippen LogP contribution in [-0.2, 0) is 10.0 Å². The van der Waals surface area contributed by atoms with E-state index in [-0.39, 0.29) is 0 Å². The first kappa shape index (κ1) is 12.1. The number of aryl methyl sites for hydroxylation is 2. The summed E-state index contributed by atoms with van der Waals surface area (Å²) in [5.74, 6) is 0.575. The highest BCUT2D eigenvalue weighted by Gasteiger charge is 2.29. The van der Waals surface area contributed by atoms with Gasteiger partial charge in [-0.25, -0.2) is 8.42 Å². The summed E-state index contributed by atoms with van der Waals surface area (Å²) < 4.78 is 26.3. The Labute approximate surface area is 102 Å². The van der Waals surface area contributed by atoms with Gasteiger partial charge in [-0.2, -0.15) is 0 Å². The van der Waals surface area contributed by atoms with Crippen LogP contribution in [0.5, 0.6) is 0 Å². The van der Waals surface area contributed by atoms with Gasteiger partial charge in [-0.1, -0.05) is 12.1 Å². The molecule has 4 nitrogen and oxygen atoms in total. The quantitative estimate of drug-likeness (QED) is 0.804. The molecule has 0 aromatic heterocycles. The second-order valence-corrected chi connectivity index (χ2v) is 6.11. The molecule has 1 aromatic rings. The minimum absolute atomic E-state index is 0.383. The summed E-state index contributed by atoms with van der Waals surface area (Å²) in [6.07, 6.45) is 0. The minimum Gasteiger partial charge on any atom is -0.270 e. The van der Waals surface area contributed by atoms with Crippen molar-refractivity contribution >= 4 is 15.9 Å². The fraction of sp³-hybridized carbons (Fsp3) is 0.417.